The van der Waals surface area contributed by atoms with Gasteiger partial charge in [-0.15, -0.1) is 13.9 Å². The molecule has 3 aromatic rings. The Kier molecular flexibility index (Phi) is 4.60. The van der Waals surface area contributed by atoms with Gasteiger partial charge in [-0.05, 0) is 36.2 Å². The number of hydrogen-bond donors (Lipinski definition) is 1. The van der Waals surface area contributed by atoms with E-state index in [9.17, 15) is 13.6 Å². The predicted octanol–water partition coefficient (Wildman–Crippen LogP) is 4.39. The van der Waals surface area contributed by atoms with Gasteiger partial charge in [-0.2, -0.15) is 0 Å². The summed E-state index contributed by atoms with van der Waals surface area (Å²) < 4.78 is 39.0. The molecular formula is C17H11ClF2N4O3S. The van der Waals surface area contributed by atoms with E-state index in [1.165, 1.54) is 18.3 Å². The van der Waals surface area contributed by atoms with Crippen LogP contribution in [0.2, 0.25) is 5.02 Å². The number of amides is 1. The molecule has 11 heteroatoms. The normalized spacial score (nSPS) is 14.1. The van der Waals surface area contributed by atoms with Crippen molar-refractivity contribution < 1.29 is 23.0 Å². The van der Waals surface area contributed by atoms with E-state index in [0.717, 1.165) is 11.5 Å². The molecule has 0 fully saturated rings. The second kappa shape index (κ2) is 6.95. The van der Waals surface area contributed by atoms with E-state index in [4.69, 9.17) is 11.6 Å². The fraction of sp³-hybridized carbons (Fsp3) is 0.176. The number of aromatic nitrogens is 3. The molecular weight excluding hydrogens is 414 g/mol. The number of rotatable bonds is 4. The molecule has 0 unspecified atom stereocenters. The second-order valence-electron chi connectivity index (χ2n) is 5.73. The molecule has 2 aromatic heterocycles. The molecule has 0 bridgehead atoms. The van der Waals surface area contributed by atoms with Crippen molar-refractivity contribution in [3.05, 3.63) is 46.1 Å². The summed E-state index contributed by atoms with van der Waals surface area (Å²) in [7, 11) is 0. The number of benzene rings is 1. The Hall–Kier alpha value is -2.85. The van der Waals surface area contributed by atoms with Crippen LogP contribution in [-0.4, -0.2) is 26.8 Å². The van der Waals surface area contributed by atoms with Crippen LogP contribution in [0.3, 0.4) is 0 Å². The summed E-state index contributed by atoms with van der Waals surface area (Å²) in [6.45, 7) is 1.88. The van der Waals surface area contributed by atoms with Crippen molar-refractivity contribution in [2.75, 3.05) is 5.32 Å². The number of carbonyl (C=O) groups excluding carboxylic acids is 1. The van der Waals surface area contributed by atoms with Gasteiger partial charge in [0, 0.05) is 23.4 Å². The van der Waals surface area contributed by atoms with Crippen molar-refractivity contribution in [3.8, 4) is 22.6 Å². The quantitative estimate of drug-likeness (QED) is 0.668. The fourth-order valence-corrected chi connectivity index (χ4v) is 3.51. The van der Waals surface area contributed by atoms with Crippen LogP contribution >= 0.6 is 23.1 Å². The lowest BCUT2D eigenvalue weighted by molar-refractivity contribution is -0.286. The maximum absolute atomic E-state index is 13.2. The van der Waals surface area contributed by atoms with E-state index in [1.54, 1.807) is 12.1 Å². The topological polar surface area (TPSA) is 86.2 Å². The van der Waals surface area contributed by atoms with Crippen LogP contribution in [-0.2, 0) is 6.42 Å². The molecule has 1 aliphatic rings. The smallest absolute Gasteiger partial charge is 0.395 e. The second-order valence-corrected chi connectivity index (χ2v) is 6.90. The lowest BCUT2D eigenvalue weighted by Crippen LogP contribution is -2.25. The molecule has 0 saturated carbocycles. The third kappa shape index (κ3) is 3.48. The Morgan fingerprint density at radius 1 is 1.29 bits per heavy atom. The SMILES string of the molecule is CCc1nnsc1C(=O)Nc1ccc(-c2cc3c(cc2Cl)OC(F)(F)O3)cn1. The van der Waals surface area contributed by atoms with E-state index >= 15 is 0 Å². The van der Waals surface area contributed by atoms with Gasteiger partial charge < -0.3 is 14.8 Å². The number of alkyl halides is 2. The van der Waals surface area contributed by atoms with Crippen LogP contribution in [0.4, 0.5) is 14.6 Å². The molecule has 3 heterocycles. The highest BCUT2D eigenvalue weighted by molar-refractivity contribution is 7.08. The monoisotopic (exact) mass is 424 g/mol. The van der Waals surface area contributed by atoms with Crippen LogP contribution in [0, 0.1) is 0 Å². The zero-order valence-electron chi connectivity index (χ0n) is 14.2. The van der Waals surface area contributed by atoms with Crippen LogP contribution in [0.5, 0.6) is 11.5 Å². The summed E-state index contributed by atoms with van der Waals surface area (Å²) in [5.74, 6) is -0.296. The van der Waals surface area contributed by atoms with Gasteiger partial charge in [0.05, 0.1) is 10.7 Å². The van der Waals surface area contributed by atoms with Gasteiger partial charge in [0.1, 0.15) is 10.7 Å². The van der Waals surface area contributed by atoms with Crippen molar-refractivity contribution in [2.24, 2.45) is 0 Å². The van der Waals surface area contributed by atoms with Crippen LogP contribution in [0.1, 0.15) is 22.3 Å². The van der Waals surface area contributed by atoms with E-state index < -0.39 is 6.29 Å². The predicted molar refractivity (Wildman–Crippen MR) is 98.1 cm³/mol. The van der Waals surface area contributed by atoms with E-state index in [2.05, 4.69) is 29.4 Å². The van der Waals surface area contributed by atoms with Gasteiger partial charge in [0.2, 0.25) is 0 Å². The van der Waals surface area contributed by atoms with Crippen LogP contribution in [0.15, 0.2) is 30.5 Å². The van der Waals surface area contributed by atoms with Crippen LogP contribution < -0.4 is 14.8 Å². The molecule has 0 spiro atoms. The number of ether oxygens (including phenoxy) is 2. The standard InChI is InChI=1S/C17H11ClF2N4O3S/c1-2-11-15(28-24-23-11)16(25)22-14-4-3-8(7-21-14)9-5-12-13(6-10(9)18)27-17(19,20)26-12/h3-7H,2H2,1H3,(H,21,22,25). The van der Waals surface area contributed by atoms with Crippen molar-refractivity contribution >= 4 is 34.9 Å². The molecule has 0 aliphatic carbocycles. The minimum Gasteiger partial charge on any atom is -0.395 e. The summed E-state index contributed by atoms with van der Waals surface area (Å²) in [4.78, 5) is 16.9. The summed E-state index contributed by atoms with van der Waals surface area (Å²) in [6.07, 6.45) is -1.67. The molecule has 0 radical (unpaired) electrons. The van der Waals surface area contributed by atoms with Crippen molar-refractivity contribution in [2.45, 2.75) is 19.6 Å². The number of anilines is 1. The molecule has 28 heavy (non-hydrogen) atoms. The molecule has 7 nitrogen and oxygen atoms in total. The van der Waals surface area contributed by atoms with Gasteiger partial charge in [-0.3, -0.25) is 4.79 Å². The molecule has 1 aliphatic heterocycles. The maximum atomic E-state index is 13.2. The Balaban J connectivity index is 1.55. The van der Waals surface area contributed by atoms with Gasteiger partial charge >= 0.3 is 6.29 Å². The molecule has 4 rings (SSSR count). The first-order valence-electron chi connectivity index (χ1n) is 8.04. The number of nitrogens with zero attached hydrogens (tertiary/aromatic N) is 3. The minimum atomic E-state index is -3.72. The zero-order valence-corrected chi connectivity index (χ0v) is 15.8. The van der Waals surface area contributed by atoms with Crippen molar-refractivity contribution in [3.63, 3.8) is 0 Å². The molecule has 0 saturated heterocycles. The first-order chi connectivity index (χ1) is 13.4. The summed E-state index contributed by atoms with van der Waals surface area (Å²) >= 11 is 7.18. The van der Waals surface area contributed by atoms with Gasteiger partial charge in [-0.1, -0.05) is 23.0 Å². The molecule has 0 atom stereocenters. The Labute approximate surface area is 166 Å². The van der Waals surface area contributed by atoms with Crippen molar-refractivity contribution in [1.29, 1.82) is 0 Å². The average Bonchev–Trinajstić information content (AvgIpc) is 3.24. The number of nitrogens with one attached hydrogen (secondary N) is 1. The molecule has 1 aromatic carbocycles. The van der Waals surface area contributed by atoms with E-state index in [1.807, 2.05) is 6.92 Å². The highest BCUT2D eigenvalue weighted by Gasteiger charge is 2.43. The Morgan fingerprint density at radius 3 is 2.71 bits per heavy atom. The number of halogens is 3. The number of fused-ring (bicyclic) bond motifs is 1. The third-order valence-electron chi connectivity index (χ3n) is 3.90. The lowest BCUT2D eigenvalue weighted by atomic mass is 10.1. The van der Waals surface area contributed by atoms with E-state index in [-0.39, 0.29) is 22.4 Å². The minimum absolute atomic E-state index is 0.119. The lowest BCUT2D eigenvalue weighted by Gasteiger charge is -2.08. The maximum Gasteiger partial charge on any atom is 0.586 e. The summed E-state index contributed by atoms with van der Waals surface area (Å²) in [5, 5.41) is 6.76. The fourth-order valence-electron chi connectivity index (χ4n) is 2.61. The van der Waals surface area contributed by atoms with Gasteiger partial charge in [0.15, 0.2) is 11.5 Å². The Morgan fingerprint density at radius 2 is 2.04 bits per heavy atom. The first-order valence-corrected chi connectivity index (χ1v) is 9.20. The summed E-state index contributed by atoms with van der Waals surface area (Å²) in [6, 6.07) is 5.83. The number of pyridine rings is 1. The average molecular weight is 425 g/mol. The summed E-state index contributed by atoms with van der Waals surface area (Å²) in [5.41, 5.74) is 1.61. The zero-order chi connectivity index (χ0) is 19.9. The molecule has 144 valence electrons. The Bertz CT molecular complexity index is 1060. The first kappa shape index (κ1) is 18.5. The van der Waals surface area contributed by atoms with Crippen molar-refractivity contribution in [1.82, 2.24) is 14.6 Å². The van der Waals surface area contributed by atoms with E-state index in [0.29, 0.717) is 33.9 Å². The van der Waals surface area contributed by atoms with Crippen LogP contribution in [0.25, 0.3) is 11.1 Å². The molecule has 1 amide bonds. The van der Waals surface area contributed by atoms with Gasteiger partial charge in [-0.25, -0.2) is 4.98 Å². The highest BCUT2D eigenvalue weighted by Crippen LogP contribution is 2.46. The number of carbonyl (C=O) groups is 1. The largest absolute Gasteiger partial charge is 0.586 e. The number of hydrogen-bond acceptors (Lipinski definition) is 7. The third-order valence-corrected chi connectivity index (χ3v) is 4.98. The highest BCUT2D eigenvalue weighted by atomic mass is 35.5. The number of aryl methyl sites for hydroxylation is 1. The van der Waals surface area contributed by atoms with Gasteiger partial charge in [0.25, 0.3) is 5.91 Å². The molecule has 1 N–H and O–H groups in total.